The van der Waals surface area contributed by atoms with Gasteiger partial charge in [0.05, 0.1) is 14.6 Å². The van der Waals surface area contributed by atoms with Crippen molar-refractivity contribution in [2.75, 3.05) is 19.9 Å². The van der Waals surface area contributed by atoms with Crippen molar-refractivity contribution in [1.82, 2.24) is 0 Å². The SMILES string of the molecule is [3H]C1C[C@H](C[P+](=O)OC)[C@@H](C)O1. The molecule has 0 saturated carbocycles. The van der Waals surface area contributed by atoms with E-state index in [2.05, 4.69) is 4.52 Å². The lowest BCUT2D eigenvalue weighted by atomic mass is 10.1. The van der Waals surface area contributed by atoms with Gasteiger partial charge in [0.25, 0.3) is 0 Å². The minimum absolute atomic E-state index is 0.0431. The zero-order valence-electron chi connectivity index (χ0n) is 7.82. The Bertz CT molecular complexity index is 176. The molecule has 1 heterocycles. The smallest absolute Gasteiger partial charge is 0.378 e. The van der Waals surface area contributed by atoms with Gasteiger partial charge < -0.3 is 4.74 Å². The van der Waals surface area contributed by atoms with Crippen molar-refractivity contribution in [3.8, 4) is 0 Å². The first kappa shape index (κ1) is 7.66. The largest absolute Gasteiger partial charge is 0.508 e. The molecule has 4 heteroatoms. The van der Waals surface area contributed by atoms with Gasteiger partial charge in [-0.15, -0.1) is 4.52 Å². The molecule has 1 rings (SSSR count). The Hall–Kier alpha value is 0.0200. The van der Waals surface area contributed by atoms with Gasteiger partial charge >= 0.3 is 8.03 Å². The summed E-state index contributed by atoms with van der Waals surface area (Å²) in [6.07, 6.45) is 1.23. The van der Waals surface area contributed by atoms with Crippen LogP contribution in [0.4, 0.5) is 0 Å². The first-order valence-corrected chi connectivity index (χ1v) is 5.06. The third kappa shape index (κ3) is 2.51. The van der Waals surface area contributed by atoms with Gasteiger partial charge in [-0.2, -0.15) is 0 Å². The van der Waals surface area contributed by atoms with Crippen molar-refractivity contribution in [2.24, 2.45) is 5.92 Å². The molecule has 1 saturated heterocycles. The van der Waals surface area contributed by atoms with Gasteiger partial charge in [-0.25, -0.2) is 0 Å². The van der Waals surface area contributed by atoms with Crippen LogP contribution in [0, 0.1) is 5.92 Å². The lowest BCUT2D eigenvalue weighted by Gasteiger charge is -2.06. The van der Waals surface area contributed by atoms with Crippen molar-refractivity contribution in [3.05, 3.63) is 0 Å². The monoisotopic (exact) mass is 179 g/mol. The maximum absolute atomic E-state index is 11.0. The number of rotatable bonds is 3. The molecule has 0 bridgehead atoms. The average molecular weight is 179 g/mol. The summed E-state index contributed by atoms with van der Waals surface area (Å²) in [7, 11) is -0.107. The van der Waals surface area contributed by atoms with Crippen LogP contribution in [-0.2, 0) is 13.8 Å². The summed E-state index contributed by atoms with van der Waals surface area (Å²) in [5.74, 6) is 0.219. The zero-order chi connectivity index (χ0) is 9.14. The topological polar surface area (TPSA) is 35.5 Å². The standard InChI is InChI=1S/C7H14O3P/c1-6-7(3-4-10-6)5-11(8)9-2/h6-7H,3-5H2,1-2H3/q+1/t6-,7-/m1/s1/i4T/t4?,6-,7-. The van der Waals surface area contributed by atoms with Gasteiger partial charge in [0, 0.05) is 12.5 Å². The van der Waals surface area contributed by atoms with Crippen LogP contribution in [0.3, 0.4) is 0 Å². The van der Waals surface area contributed by atoms with E-state index in [9.17, 15) is 4.57 Å². The van der Waals surface area contributed by atoms with E-state index in [1.54, 1.807) is 0 Å². The highest BCUT2D eigenvalue weighted by Gasteiger charge is 2.32. The summed E-state index contributed by atoms with van der Waals surface area (Å²) < 4.78 is 28.3. The Labute approximate surface area is 69.3 Å². The van der Waals surface area contributed by atoms with Crippen LogP contribution in [-0.4, -0.2) is 26.0 Å². The fourth-order valence-corrected chi connectivity index (χ4v) is 2.10. The van der Waals surface area contributed by atoms with E-state index in [4.69, 9.17) is 6.11 Å². The zero-order valence-corrected chi connectivity index (χ0v) is 7.71. The van der Waals surface area contributed by atoms with Crippen molar-refractivity contribution in [1.29, 1.82) is 0 Å². The molecule has 1 fully saturated rings. The Morgan fingerprint density at radius 2 is 2.64 bits per heavy atom. The molecule has 2 unspecified atom stereocenters. The maximum atomic E-state index is 11.0. The molecule has 11 heavy (non-hydrogen) atoms. The molecule has 0 spiro atoms. The highest BCUT2D eigenvalue weighted by Crippen LogP contribution is 2.31. The summed E-state index contributed by atoms with van der Waals surface area (Å²) in [5.41, 5.74) is 0. The Balaban J connectivity index is 2.37. The molecular weight excluding hydrogens is 163 g/mol. The lowest BCUT2D eigenvalue weighted by molar-refractivity contribution is 0.109. The number of ether oxygens (including phenoxy) is 1. The van der Waals surface area contributed by atoms with Crippen LogP contribution >= 0.6 is 8.03 Å². The molecule has 0 aromatic carbocycles. The van der Waals surface area contributed by atoms with Crippen LogP contribution in [0.25, 0.3) is 0 Å². The molecule has 1 aliphatic heterocycles. The Kier molecular flexibility index (Phi) is 2.89. The van der Waals surface area contributed by atoms with Crippen LogP contribution in [0.5, 0.6) is 0 Å². The summed E-state index contributed by atoms with van der Waals surface area (Å²) in [6.45, 7) is 1.48. The van der Waals surface area contributed by atoms with E-state index in [0.29, 0.717) is 12.6 Å². The van der Waals surface area contributed by atoms with Gasteiger partial charge in [-0.3, -0.25) is 0 Å². The predicted molar refractivity (Wildman–Crippen MR) is 43.0 cm³/mol. The Morgan fingerprint density at radius 1 is 1.91 bits per heavy atom. The molecule has 0 aliphatic carbocycles. The molecular formula is C7H14O3P+. The summed E-state index contributed by atoms with van der Waals surface area (Å²) >= 11 is 0. The normalized spacial score (nSPS) is 40.4. The fourth-order valence-electron chi connectivity index (χ4n) is 1.12. The van der Waals surface area contributed by atoms with Gasteiger partial charge in [0.2, 0.25) is 0 Å². The highest BCUT2D eigenvalue weighted by atomic mass is 31.1. The van der Waals surface area contributed by atoms with Crippen LogP contribution in [0.15, 0.2) is 0 Å². The van der Waals surface area contributed by atoms with Crippen molar-refractivity contribution >= 4 is 8.03 Å². The van der Waals surface area contributed by atoms with Gasteiger partial charge in [0.1, 0.15) is 0 Å². The first-order valence-electron chi connectivity index (χ1n) is 4.27. The highest BCUT2D eigenvalue weighted by molar-refractivity contribution is 7.39. The molecule has 0 aromatic heterocycles. The number of hydrogen-bond acceptors (Lipinski definition) is 3. The van der Waals surface area contributed by atoms with Gasteiger partial charge in [-0.05, 0) is 17.9 Å². The van der Waals surface area contributed by atoms with Crippen molar-refractivity contribution < 1.29 is 15.2 Å². The van der Waals surface area contributed by atoms with E-state index in [-0.39, 0.29) is 12.0 Å². The van der Waals surface area contributed by atoms with Crippen LogP contribution in [0.1, 0.15) is 14.7 Å². The third-order valence-corrected chi connectivity index (χ3v) is 3.14. The van der Waals surface area contributed by atoms with E-state index < -0.39 is 14.6 Å². The van der Waals surface area contributed by atoms with Crippen molar-refractivity contribution in [2.45, 2.75) is 19.4 Å². The predicted octanol–water partition coefficient (Wildman–Crippen LogP) is 1.80. The van der Waals surface area contributed by atoms with Crippen LogP contribution < -0.4 is 0 Å². The molecule has 3 nitrogen and oxygen atoms in total. The Morgan fingerprint density at radius 3 is 3.09 bits per heavy atom. The summed E-state index contributed by atoms with van der Waals surface area (Å²) in [5, 5.41) is 0. The molecule has 0 amide bonds. The quantitative estimate of drug-likeness (QED) is 0.619. The molecule has 4 atom stereocenters. The number of hydrogen-bond donors (Lipinski definition) is 0. The molecule has 0 N–H and O–H groups in total. The van der Waals surface area contributed by atoms with E-state index in [1.807, 2.05) is 6.92 Å². The minimum atomic E-state index is -1.55. The second kappa shape index (κ2) is 4.15. The molecule has 1 aliphatic rings. The first-order chi connectivity index (χ1) is 5.63. The molecule has 0 aromatic rings. The van der Waals surface area contributed by atoms with E-state index in [1.165, 1.54) is 7.11 Å². The van der Waals surface area contributed by atoms with Gasteiger partial charge in [-0.1, -0.05) is 0 Å². The summed E-state index contributed by atoms with van der Waals surface area (Å²) in [4.78, 5) is 0. The van der Waals surface area contributed by atoms with E-state index in [0.717, 1.165) is 0 Å². The second-order valence-corrected chi connectivity index (χ2v) is 4.10. The minimum Gasteiger partial charge on any atom is -0.378 e. The molecule has 0 radical (unpaired) electrons. The maximum Gasteiger partial charge on any atom is 0.508 e. The van der Waals surface area contributed by atoms with Crippen LogP contribution in [0.2, 0.25) is 0 Å². The van der Waals surface area contributed by atoms with Gasteiger partial charge in [0.15, 0.2) is 6.16 Å². The van der Waals surface area contributed by atoms with E-state index >= 15 is 0 Å². The average Bonchev–Trinajstić information content (AvgIpc) is 2.30. The third-order valence-electron chi connectivity index (χ3n) is 1.96. The lowest BCUT2D eigenvalue weighted by Crippen LogP contribution is -2.13. The second-order valence-electron chi connectivity index (χ2n) is 2.70. The molecule has 64 valence electrons. The fraction of sp³-hybridized carbons (Fsp3) is 1.00. The summed E-state index contributed by atoms with van der Waals surface area (Å²) in [6, 6.07) is 0. The van der Waals surface area contributed by atoms with Crippen molar-refractivity contribution in [3.63, 3.8) is 0 Å².